The molecule has 5 heteroatoms. The maximum absolute atomic E-state index is 12.8. The average molecular weight is 258 g/mol. The first kappa shape index (κ1) is 13.4. The Hall–Kier alpha value is -1.07. The third-order valence-electron chi connectivity index (χ3n) is 3.26. The number of hydrogen-bond donors (Lipinski definition) is 1. The van der Waals surface area contributed by atoms with Crippen LogP contribution in [0.1, 0.15) is 24.0 Å². The van der Waals surface area contributed by atoms with Crippen LogP contribution in [0.3, 0.4) is 0 Å². The number of hydrogen-bond acceptors (Lipinski definition) is 2. The summed E-state index contributed by atoms with van der Waals surface area (Å²) in [6.45, 7) is 1.81. The zero-order valence-corrected chi connectivity index (χ0v) is 10.1. The van der Waals surface area contributed by atoms with Crippen LogP contribution >= 0.6 is 0 Å². The van der Waals surface area contributed by atoms with Crippen LogP contribution in [-0.4, -0.2) is 24.0 Å². The number of nitrogens with zero attached hydrogens (tertiary/aromatic N) is 1. The summed E-state index contributed by atoms with van der Waals surface area (Å²) >= 11 is 0. The van der Waals surface area contributed by atoms with Gasteiger partial charge in [-0.2, -0.15) is 13.2 Å². The van der Waals surface area contributed by atoms with Crippen molar-refractivity contribution in [3.05, 3.63) is 35.4 Å². The molecule has 0 saturated carbocycles. The molecule has 1 aliphatic rings. The number of alkyl halides is 3. The van der Waals surface area contributed by atoms with E-state index in [-0.39, 0.29) is 6.04 Å². The van der Waals surface area contributed by atoms with E-state index in [9.17, 15) is 13.2 Å². The number of likely N-dealkylation sites (tertiary alicyclic amines) is 1. The zero-order valence-electron chi connectivity index (χ0n) is 10.1. The number of nitrogens with two attached hydrogens (primary N) is 1. The summed E-state index contributed by atoms with van der Waals surface area (Å²) in [5, 5.41) is 0. The van der Waals surface area contributed by atoms with Crippen molar-refractivity contribution in [2.75, 3.05) is 13.1 Å². The summed E-state index contributed by atoms with van der Waals surface area (Å²) in [7, 11) is 0. The SMILES string of the molecule is NC1CCCN(Cc2ccccc2C(F)(F)F)C1. The molecule has 18 heavy (non-hydrogen) atoms. The molecule has 0 aromatic heterocycles. The van der Waals surface area contributed by atoms with Crippen LogP contribution in [-0.2, 0) is 12.7 Å². The van der Waals surface area contributed by atoms with Crippen molar-refractivity contribution in [3.63, 3.8) is 0 Å². The molecule has 1 saturated heterocycles. The quantitative estimate of drug-likeness (QED) is 0.883. The van der Waals surface area contributed by atoms with Crippen LogP contribution in [0.4, 0.5) is 13.2 Å². The van der Waals surface area contributed by atoms with Gasteiger partial charge < -0.3 is 5.73 Å². The predicted octanol–water partition coefficient (Wildman–Crippen LogP) is 2.63. The largest absolute Gasteiger partial charge is 0.416 e. The minimum absolute atomic E-state index is 0.0804. The zero-order chi connectivity index (χ0) is 13.2. The Morgan fingerprint density at radius 3 is 2.67 bits per heavy atom. The van der Waals surface area contributed by atoms with Crippen LogP contribution in [0.2, 0.25) is 0 Å². The lowest BCUT2D eigenvalue weighted by molar-refractivity contribution is -0.138. The predicted molar refractivity (Wildman–Crippen MR) is 63.9 cm³/mol. The Kier molecular flexibility index (Phi) is 3.92. The standard InChI is InChI=1S/C13H17F3N2/c14-13(15,16)12-6-2-1-4-10(12)8-18-7-3-5-11(17)9-18/h1-2,4,6,11H,3,5,7-9,17H2. The van der Waals surface area contributed by atoms with Gasteiger partial charge in [-0.25, -0.2) is 0 Å². The van der Waals surface area contributed by atoms with E-state index >= 15 is 0 Å². The van der Waals surface area contributed by atoms with Gasteiger partial charge in [0.25, 0.3) is 0 Å². The van der Waals surface area contributed by atoms with E-state index in [2.05, 4.69) is 0 Å². The van der Waals surface area contributed by atoms with Crippen LogP contribution in [0.25, 0.3) is 0 Å². The molecule has 0 radical (unpaired) electrons. The van der Waals surface area contributed by atoms with Crippen molar-refractivity contribution in [1.82, 2.24) is 4.90 Å². The molecule has 1 aliphatic heterocycles. The molecule has 2 nitrogen and oxygen atoms in total. The average Bonchev–Trinajstić information content (AvgIpc) is 2.28. The lowest BCUT2D eigenvalue weighted by Gasteiger charge is -2.31. The van der Waals surface area contributed by atoms with Crippen molar-refractivity contribution in [1.29, 1.82) is 0 Å². The lowest BCUT2D eigenvalue weighted by atomic mass is 10.0. The second-order valence-corrected chi connectivity index (χ2v) is 4.79. The normalized spacial score (nSPS) is 22.1. The third-order valence-corrected chi connectivity index (χ3v) is 3.26. The fourth-order valence-electron chi connectivity index (χ4n) is 2.41. The van der Waals surface area contributed by atoms with Gasteiger partial charge >= 0.3 is 6.18 Å². The molecule has 1 fully saturated rings. The monoisotopic (exact) mass is 258 g/mol. The second-order valence-electron chi connectivity index (χ2n) is 4.79. The van der Waals surface area contributed by atoms with Gasteiger partial charge in [0.05, 0.1) is 5.56 Å². The second kappa shape index (κ2) is 5.28. The molecule has 1 atom stereocenters. The van der Waals surface area contributed by atoms with Gasteiger partial charge in [0, 0.05) is 19.1 Å². The molecule has 2 rings (SSSR count). The lowest BCUT2D eigenvalue weighted by Crippen LogP contribution is -2.42. The van der Waals surface area contributed by atoms with Crippen molar-refractivity contribution >= 4 is 0 Å². The van der Waals surface area contributed by atoms with Crippen molar-refractivity contribution < 1.29 is 13.2 Å². The molecule has 1 unspecified atom stereocenters. The molecule has 2 N–H and O–H groups in total. The number of halogens is 3. The van der Waals surface area contributed by atoms with Gasteiger partial charge in [0.15, 0.2) is 0 Å². The number of benzene rings is 1. The number of piperidine rings is 1. The molecule has 1 heterocycles. The summed E-state index contributed by atoms with van der Waals surface area (Å²) in [5.41, 5.74) is 5.63. The van der Waals surface area contributed by atoms with E-state index in [1.807, 2.05) is 4.90 Å². The topological polar surface area (TPSA) is 29.3 Å². The van der Waals surface area contributed by atoms with Gasteiger partial charge in [-0.15, -0.1) is 0 Å². The van der Waals surface area contributed by atoms with Crippen LogP contribution in [0.15, 0.2) is 24.3 Å². The third kappa shape index (κ3) is 3.23. The molecular formula is C13H17F3N2. The summed E-state index contributed by atoms with van der Waals surface area (Å²) < 4.78 is 38.5. The minimum atomic E-state index is -4.28. The maximum Gasteiger partial charge on any atom is 0.416 e. The van der Waals surface area contributed by atoms with Gasteiger partial charge in [-0.05, 0) is 31.0 Å². The van der Waals surface area contributed by atoms with Crippen LogP contribution in [0.5, 0.6) is 0 Å². The summed E-state index contributed by atoms with van der Waals surface area (Å²) in [5.74, 6) is 0. The number of rotatable bonds is 2. The Bertz CT molecular complexity index is 403. The van der Waals surface area contributed by atoms with E-state index in [4.69, 9.17) is 5.73 Å². The molecule has 100 valence electrons. The first-order valence-corrected chi connectivity index (χ1v) is 6.10. The highest BCUT2D eigenvalue weighted by molar-refractivity contribution is 5.29. The molecular weight excluding hydrogens is 241 g/mol. The van der Waals surface area contributed by atoms with E-state index < -0.39 is 11.7 Å². The van der Waals surface area contributed by atoms with Crippen molar-refractivity contribution in [2.24, 2.45) is 5.73 Å². The highest BCUT2D eigenvalue weighted by Crippen LogP contribution is 2.32. The van der Waals surface area contributed by atoms with E-state index in [1.54, 1.807) is 12.1 Å². The van der Waals surface area contributed by atoms with Gasteiger partial charge in [0.1, 0.15) is 0 Å². The fourth-order valence-corrected chi connectivity index (χ4v) is 2.41. The summed E-state index contributed by atoms with van der Waals surface area (Å²) in [6.07, 6.45) is -2.37. The highest BCUT2D eigenvalue weighted by atomic mass is 19.4. The Labute approximate surface area is 105 Å². The fraction of sp³-hybridized carbons (Fsp3) is 0.538. The van der Waals surface area contributed by atoms with Crippen molar-refractivity contribution in [2.45, 2.75) is 31.6 Å². The maximum atomic E-state index is 12.8. The molecule has 0 aliphatic carbocycles. The smallest absolute Gasteiger partial charge is 0.327 e. The molecule has 0 amide bonds. The first-order chi connectivity index (χ1) is 8.47. The van der Waals surface area contributed by atoms with Crippen LogP contribution in [0, 0.1) is 0 Å². The molecule has 0 bridgehead atoms. The Morgan fingerprint density at radius 1 is 1.28 bits per heavy atom. The van der Waals surface area contributed by atoms with Gasteiger partial charge in [-0.1, -0.05) is 18.2 Å². The van der Waals surface area contributed by atoms with Crippen LogP contribution < -0.4 is 5.73 Å². The Morgan fingerprint density at radius 2 is 2.00 bits per heavy atom. The van der Waals surface area contributed by atoms with Gasteiger partial charge in [0.2, 0.25) is 0 Å². The molecule has 1 aromatic carbocycles. The Balaban J connectivity index is 2.13. The van der Waals surface area contributed by atoms with Gasteiger partial charge in [-0.3, -0.25) is 4.90 Å². The van der Waals surface area contributed by atoms with E-state index in [1.165, 1.54) is 6.07 Å². The summed E-state index contributed by atoms with van der Waals surface area (Å²) in [4.78, 5) is 2.00. The molecule has 1 aromatic rings. The van der Waals surface area contributed by atoms with E-state index in [0.29, 0.717) is 18.7 Å². The summed E-state index contributed by atoms with van der Waals surface area (Å²) in [6, 6.07) is 5.84. The minimum Gasteiger partial charge on any atom is -0.327 e. The van der Waals surface area contributed by atoms with Crippen molar-refractivity contribution in [3.8, 4) is 0 Å². The first-order valence-electron chi connectivity index (χ1n) is 6.10. The highest BCUT2D eigenvalue weighted by Gasteiger charge is 2.33. The van der Waals surface area contributed by atoms with E-state index in [0.717, 1.165) is 25.5 Å². The molecule has 0 spiro atoms.